The molecular formula is C11H17O5PS. The molecule has 0 aromatic carbocycles. The summed E-state index contributed by atoms with van der Waals surface area (Å²) in [5, 5.41) is 1.74. The van der Waals surface area contributed by atoms with Crippen LogP contribution in [-0.2, 0) is 9.09 Å². The van der Waals surface area contributed by atoms with Crippen LogP contribution in [0.4, 0.5) is 0 Å². The van der Waals surface area contributed by atoms with Gasteiger partial charge in [0.05, 0.1) is 4.88 Å². The number of unbranched alkanes of at least 4 members (excludes halogenated alkanes) is 2. The number of carbonyl (C=O) groups is 1. The lowest BCUT2D eigenvalue weighted by Crippen LogP contribution is -2.22. The van der Waals surface area contributed by atoms with E-state index in [1.165, 1.54) is 11.3 Å². The fraction of sp³-hybridized carbons (Fsp3) is 0.545. The van der Waals surface area contributed by atoms with E-state index >= 15 is 0 Å². The van der Waals surface area contributed by atoms with Crippen LogP contribution in [-0.4, -0.2) is 21.7 Å². The minimum Gasteiger partial charge on any atom is -0.303 e. The van der Waals surface area contributed by atoms with Crippen molar-refractivity contribution in [2.45, 2.75) is 38.7 Å². The summed E-state index contributed by atoms with van der Waals surface area (Å²) >= 11 is 1.24. The van der Waals surface area contributed by atoms with Gasteiger partial charge in [0, 0.05) is 0 Å². The molecular weight excluding hydrogens is 275 g/mol. The maximum Gasteiger partial charge on any atom is 0.470 e. The zero-order valence-corrected chi connectivity index (χ0v) is 11.8. The Balaban J connectivity index is 2.70. The maximum absolute atomic E-state index is 12.0. The molecule has 0 aliphatic carbocycles. The highest BCUT2D eigenvalue weighted by Gasteiger charge is 2.28. The minimum atomic E-state index is -4.64. The van der Waals surface area contributed by atoms with Crippen molar-refractivity contribution in [3.63, 3.8) is 0 Å². The van der Waals surface area contributed by atoms with Gasteiger partial charge in [0.25, 0.3) is 0 Å². The molecule has 0 saturated carbocycles. The minimum absolute atomic E-state index is 0.329. The van der Waals surface area contributed by atoms with E-state index in [0.717, 1.165) is 12.8 Å². The van der Waals surface area contributed by atoms with Gasteiger partial charge in [-0.1, -0.05) is 32.3 Å². The van der Waals surface area contributed by atoms with E-state index in [-0.39, 0.29) is 5.78 Å². The van der Waals surface area contributed by atoms with Crippen molar-refractivity contribution < 1.29 is 23.7 Å². The van der Waals surface area contributed by atoms with Crippen LogP contribution >= 0.6 is 19.2 Å². The van der Waals surface area contributed by atoms with Gasteiger partial charge in [-0.15, -0.1) is 11.3 Å². The Hall–Kier alpha value is -0.520. The van der Waals surface area contributed by atoms with E-state index in [1.807, 2.05) is 6.92 Å². The second-order valence-electron chi connectivity index (χ2n) is 3.92. The van der Waals surface area contributed by atoms with Gasteiger partial charge in [0.15, 0.2) is 0 Å². The molecule has 2 N–H and O–H groups in total. The lowest BCUT2D eigenvalue weighted by Gasteiger charge is -2.16. The third kappa shape index (κ3) is 5.42. The number of phosphoric acid groups is 1. The topological polar surface area (TPSA) is 83.8 Å². The van der Waals surface area contributed by atoms with Crippen LogP contribution in [0.15, 0.2) is 17.5 Å². The normalized spacial score (nSPS) is 13.5. The molecule has 102 valence electrons. The smallest absolute Gasteiger partial charge is 0.303 e. The zero-order valence-electron chi connectivity index (χ0n) is 10.1. The molecule has 7 heteroatoms. The number of Topliss-reactive ketones (excluding diaryl/α,β-unsaturated/α-hetero) is 1. The molecule has 0 amide bonds. The Kier molecular flexibility index (Phi) is 6.18. The highest BCUT2D eigenvalue weighted by atomic mass is 32.1. The molecule has 1 unspecified atom stereocenters. The first-order valence-electron chi connectivity index (χ1n) is 5.75. The quantitative estimate of drug-likeness (QED) is 0.437. The second kappa shape index (κ2) is 7.16. The van der Waals surface area contributed by atoms with Crippen LogP contribution in [0.2, 0.25) is 0 Å². The highest BCUT2D eigenvalue weighted by Crippen LogP contribution is 2.39. The van der Waals surface area contributed by atoms with E-state index in [2.05, 4.69) is 4.52 Å². The fourth-order valence-electron chi connectivity index (χ4n) is 1.55. The van der Waals surface area contributed by atoms with E-state index in [9.17, 15) is 9.36 Å². The Morgan fingerprint density at radius 1 is 1.50 bits per heavy atom. The van der Waals surface area contributed by atoms with Gasteiger partial charge in [0.2, 0.25) is 5.78 Å². The van der Waals surface area contributed by atoms with Crippen molar-refractivity contribution in [3.8, 4) is 0 Å². The first-order valence-corrected chi connectivity index (χ1v) is 8.16. The van der Waals surface area contributed by atoms with Crippen molar-refractivity contribution in [1.82, 2.24) is 0 Å². The lowest BCUT2D eigenvalue weighted by molar-refractivity contribution is 0.0692. The van der Waals surface area contributed by atoms with Crippen LogP contribution in [0.3, 0.4) is 0 Å². The Morgan fingerprint density at radius 3 is 2.72 bits per heavy atom. The van der Waals surface area contributed by atoms with E-state index < -0.39 is 13.9 Å². The van der Waals surface area contributed by atoms with Crippen molar-refractivity contribution in [2.75, 3.05) is 0 Å². The van der Waals surface area contributed by atoms with Crippen LogP contribution in [0, 0.1) is 0 Å². The monoisotopic (exact) mass is 292 g/mol. The third-order valence-electron chi connectivity index (χ3n) is 2.39. The van der Waals surface area contributed by atoms with Gasteiger partial charge in [-0.25, -0.2) is 4.57 Å². The average Bonchev–Trinajstić information content (AvgIpc) is 2.78. The highest BCUT2D eigenvalue weighted by molar-refractivity contribution is 7.46. The van der Waals surface area contributed by atoms with E-state index in [4.69, 9.17) is 9.79 Å². The molecule has 0 fully saturated rings. The summed E-state index contributed by atoms with van der Waals surface area (Å²) in [4.78, 5) is 30.1. The van der Waals surface area contributed by atoms with Crippen molar-refractivity contribution >= 4 is 24.9 Å². The molecule has 0 radical (unpaired) electrons. The van der Waals surface area contributed by atoms with Crippen LogP contribution in [0.25, 0.3) is 0 Å². The molecule has 1 atom stereocenters. The molecule has 0 spiro atoms. The van der Waals surface area contributed by atoms with Gasteiger partial charge >= 0.3 is 7.82 Å². The van der Waals surface area contributed by atoms with Gasteiger partial charge in [-0.2, -0.15) is 0 Å². The number of phosphoric ester groups is 1. The summed E-state index contributed by atoms with van der Waals surface area (Å²) in [5.74, 6) is -0.357. The largest absolute Gasteiger partial charge is 0.470 e. The predicted octanol–water partition coefficient (Wildman–Crippen LogP) is 2.99. The summed E-state index contributed by atoms with van der Waals surface area (Å²) < 4.78 is 15.5. The molecule has 1 aromatic rings. The summed E-state index contributed by atoms with van der Waals surface area (Å²) in [6, 6.07) is 3.35. The Bertz CT molecular complexity index is 411. The summed E-state index contributed by atoms with van der Waals surface area (Å²) in [5.41, 5.74) is 0. The van der Waals surface area contributed by atoms with E-state index in [1.54, 1.807) is 17.5 Å². The second-order valence-corrected chi connectivity index (χ2v) is 6.06. The number of rotatable bonds is 8. The molecule has 0 aliphatic rings. The standard InChI is InChI=1S/C11H17O5PS/c1-2-3-4-6-9(16-17(13,14)15)11(12)10-7-5-8-18-10/h5,7-9H,2-4,6H2,1H3,(H2,13,14,15). The van der Waals surface area contributed by atoms with Gasteiger partial charge < -0.3 is 9.79 Å². The van der Waals surface area contributed by atoms with Crippen LogP contribution in [0.5, 0.6) is 0 Å². The molecule has 0 aliphatic heterocycles. The lowest BCUT2D eigenvalue weighted by atomic mass is 10.1. The fourth-order valence-corrected chi connectivity index (χ4v) is 2.80. The van der Waals surface area contributed by atoms with Gasteiger partial charge in [-0.05, 0) is 17.9 Å². The summed E-state index contributed by atoms with van der Waals surface area (Å²) in [6.07, 6.45) is 1.85. The molecule has 0 bridgehead atoms. The van der Waals surface area contributed by atoms with Crippen molar-refractivity contribution in [1.29, 1.82) is 0 Å². The van der Waals surface area contributed by atoms with Crippen molar-refractivity contribution in [2.24, 2.45) is 0 Å². The molecule has 1 heterocycles. The molecule has 18 heavy (non-hydrogen) atoms. The van der Waals surface area contributed by atoms with Crippen LogP contribution in [0.1, 0.15) is 42.3 Å². The van der Waals surface area contributed by atoms with Crippen LogP contribution < -0.4 is 0 Å². The molecule has 5 nitrogen and oxygen atoms in total. The molecule has 0 saturated heterocycles. The SMILES string of the molecule is CCCCCC(OP(=O)(O)O)C(=O)c1cccs1. The molecule has 1 aromatic heterocycles. The number of ketones is 1. The maximum atomic E-state index is 12.0. The van der Waals surface area contributed by atoms with Gasteiger partial charge in [-0.3, -0.25) is 9.32 Å². The Morgan fingerprint density at radius 2 is 2.22 bits per heavy atom. The first kappa shape index (κ1) is 15.5. The van der Waals surface area contributed by atoms with Crippen molar-refractivity contribution in [3.05, 3.63) is 22.4 Å². The number of hydrogen-bond donors (Lipinski definition) is 2. The average molecular weight is 292 g/mol. The third-order valence-corrected chi connectivity index (χ3v) is 3.80. The zero-order chi connectivity index (χ0) is 13.6. The number of thiophene rings is 1. The number of hydrogen-bond acceptors (Lipinski definition) is 4. The van der Waals surface area contributed by atoms with E-state index in [0.29, 0.717) is 17.7 Å². The predicted molar refractivity (Wildman–Crippen MR) is 69.7 cm³/mol. The molecule has 1 rings (SSSR count). The van der Waals surface area contributed by atoms with Gasteiger partial charge in [0.1, 0.15) is 6.10 Å². The Labute approximate surface area is 110 Å². The summed E-state index contributed by atoms with van der Waals surface area (Å²) in [7, 11) is -4.64. The summed E-state index contributed by atoms with van der Waals surface area (Å²) in [6.45, 7) is 2.01. The first-order chi connectivity index (χ1) is 8.44. The number of carbonyl (C=O) groups excluding carboxylic acids is 1.